The predicted octanol–water partition coefficient (Wildman–Crippen LogP) is 2.19. The van der Waals surface area contributed by atoms with Gasteiger partial charge in [0.05, 0.1) is 19.3 Å². The van der Waals surface area contributed by atoms with Gasteiger partial charge in [-0.05, 0) is 26.8 Å². The Bertz CT molecular complexity index is 467. The van der Waals surface area contributed by atoms with E-state index in [4.69, 9.17) is 9.47 Å². The zero-order valence-corrected chi connectivity index (χ0v) is 16.3. The van der Waals surface area contributed by atoms with E-state index in [-0.39, 0.29) is 29.6 Å². The zero-order valence-electron chi connectivity index (χ0n) is 14.0. The molecule has 0 fully saturated rings. The van der Waals surface area contributed by atoms with Gasteiger partial charge in [-0.15, -0.1) is 24.0 Å². The standard InChI is InChI=1S/C15H26N4O2.HI/c1-6-16-14(19-11-15(2,3)21-5)18-10-12-8-7-9-17-13(12)20-4;/h7-9H,6,10-11H2,1-5H3,(H2,16,18,19);1H. The van der Waals surface area contributed by atoms with Crippen LogP contribution in [0.3, 0.4) is 0 Å². The van der Waals surface area contributed by atoms with Crippen LogP contribution >= 0.6 is 24.0 Å². The number of ether oxygens (including phenoxy) is 2. The Labute approximate surface area is 150 Å². The maximum atomic E-state index is 5.39. The number of halogens is 1. The summed E-state index contributed by atoms with van der Waals surface area (Å²) >= 11 is 0. The SMILES string of the molecule is CCNC(=NCc1cccnc1OC)NCC(C)(C)OC.I. The van der Waals surface area contributed by atoms with E-state index in [0.29, 0.717) is 19.0 Å². The summed E-state index contributed by atoms with van der Waals surface area (Å²) in [4.78, 5) is 8.72. The number of guanidine groups is 1. The minimum atomic E-state index is -0.248. The molecule has 7 heteroatoms. The molecule has 2 N–H and O–H groups in total. The van der Waals surface area contributed by atoms with Crippen LogP contribution in [0.2, 0.25) is 0 Å². The summed E-state index contributed by atoms with van der Waals surface area (Å²) < 4.78 is 10.6. The van der Waals surface area contributed by atoms with E-state index in [0.717, 1.165) is 18.1 Å². The summed E-state index contributed by atoms with van der Waals surface area (Å²) in [6.45, 7) is 8.04. The summed E-state index contributed by atoms with van der Waals surface area (Å²) in [6.07, 6.45) is 1.70. The van der Waals surface area contributed by atoms with Crippen LogP contribution in [0.1, 0.15) is 26.3 Å². The summed E-state index contributed by atoms with van der Waals surface area (Å²) in [6, 6.07) is 3.83. The van der Waals surface area contributed by atoms with Crippen molar-refractivity contribution in [2.24, 2.45) is 4.99 Å². The second-order valence-electron chi connectivity index (χ2n) is 5.18. The number of nitrogens with zero attached hydrogens (tertiary/aromatic N) is 2. The Morgan fingerprint density at radius 1 is 1.32 bits per heavy atom. The van der Waals surface area contributed by atoms with E-state index in [1.165, 1.54) is 0 Å². The van der Waals surface area contributed by atoms with Crippen molar-refractivity contribution in [1.82, 2.24) is 15.6 Å². The first kappa shape index (κ1) is 20.9. The predicted molar refractivity (Wildman–Crippen MR) is 100 cm³/mol. The first-order valence-electron chi connectivity index (χ1n) is 7.07. The van der Waals surface area contributed by atoms with Gasteiger partial charge < -0.3 is 20.1 Å². The van der Waals surface area contributed by atoms with Crippen molar-refractivity contribution in [2.45, 2.75) is 32.9 Å². The molecule has 1 heterocycles. The van der Waals surface area contributed by atoms with Crippen LogP contribution in [-0.4, -0.2) is 43.9 Å². The Kier molecular flexibility index (Phi) is 10.1. The number of nitrogens with one attached hydrogen (secondary N) is 2. The van der Waals surface area contributed by atoms with Gasteiger partial charge in [-0.3, -0.25) is 0 Å². The fourth-order valence-electron chi connectivity index (χ4n) is 1.60. The lowest BCUT2D eigenvalue weighted by molar-refractivity contribution is 0.0268. The molecule has 0 bridgehead atoms. The van der Waals surface area contributed by atoms with Gasteiger partial charge in [-0.2, -0.15) is 0 Å². The van der Waals surface area contributed by atoms with Crippen molar-refractivity contribution in [3.63, 3.8) is 0 Å². The highest BCUT2D eigenvalue weighted by Gasteiger charge is 2.16. The molecule has 0 saturated heterocycles. The molecule has 126 valence electrons. The summed E-state index contributed by atoms with van der Waals surface area (Å²) in [5.41, 5.74) is 0.700. The highest BCUT2D eigenvalue weighted by atomic mass is 127. The number of pyridine rings is 1. The first-order valence-corrected chi connectivity index (χ1v) is 7.07. The Morgan fingerprint density at radius 2 is 2.05 bits per heavy atom. The quantitative estimate of drug-likeness (QED) is 0.401. The lowest BCUT2D eigenvalue weighted by Gasteiger charge is -2.24. The van der Waals surface area contributed by atoms with E-state index in [2.05, 4.69) is 20.6 Å². The van der Waals surface area contributed by atoms with Crippen LogP contribution in [0.5, 0.6) is 5.88 Å². The molecule has 0 atom stereocenters. The highest BCUT2D eigenvalue weighted by Crippen LogP contribution is 2.14. The summed E-state index contributed by atoms with van der Waals surface area (Å²) in [5.74, 6) is 1.35. The molecule has 0 aromatic carbocycles. The monoisotopic (exact) mass is 422 g/mol. The van der Waals surface area contributed by atoms with Gasteiger partial charge in [0.25, 0.3) is 0 Å². The van der Waals surface area contributed by atoms with Crippen LogP contribution in [0.25, 0.3) is 0 Å². The molecule has 0 amide bonds. The molecule has 0 aliphatic rings. The van der Waals surface area contributed by atoms with Gasteiger partial charge >= 0.3 is 0 Å². The van der Waals surface area contributed by atoms with Gasteiger partial charge in [0.2, 0.25) is 5.88 Å². The van der Waals surface area contributed by atoms with Crippen molar-refractivity contribution in [2.75, 3.05) is 27.3 Å². The first-order chi connectivity index (χ1) is 10.0. The second kappa shape index (κ2) is 10.6. The van der Waals surface area contributed by atoms with Gasteiger partial charge in [-0.25, -0.2) is 9.98 Å². The minimum absolute atomic E-state index is 0. The van der Waals surface area contributed by atoms with Gasteiger partial charge in [0, 0.05) is 32.0 Å². The number of aliphatic imine (C=N–C) groups is 1. The average Bonchev–Trinajstić information content (AvgIpc) is 2.50. The highest BCUT2D eigenvalue weighted by molar-refractivity contribution is 14.0. The molecule has 1 aromatic rings. The van der Waals surface area contributed by atoms with Crippen LogP contribution < -0.4 is 15.4 Å². The van der Waals surface area contributed by atoms with E-state index < -0.39 is 0 Å². The number of aromatic nitrogens is 1. The van der Waals surface area contributed by atoms with Gasteiger partial charge in [0.1, 0.15) is 0 Å². The van der Waals surface area contributed by atoms with E-state index in [1.54, 1.807) is 20.4 Å². The fourth-order valence-corrected chi connectivity index (χ4v) is 1.60. The third-order valence-corrected chi connectivity index (χ3v) is 3.03. The third-order valence-electron chi connectivity index (χ3n) is 3.03. The van der Waals surface area contributed by atoms with E-state index in [1.807, 2.05) is 32.9 Å². The Balaban J connectivity index is 0.00000441. The van der Waals surface area contributed by atoms with Gasteiger partial charge in [-0.1, -0.05) is 6.07 Å². The molecular formula is C15H27IN4O2. The molecule has 6 nitrogen and oxygen atoms in total. The molecule has 22 heavy (non-hydrogen) atoms. The fraction of sp³-hybridized carbons (Fsp3) is 0.600. The minimum Gasteiger partial charge on any atom is -0.481 e. The van der Waals surface area contributed by atoms with Crippen molar-refractivity contribution in [3.8, 4) is 5.88 Å². The van der Waals surface area contributed by atoms with Crippen LogP contribution in [0, 0.1) is 0 Å². The van der Waals surface area contributed by atoms with Crippen LogP contribution in [0.4, 0.5) is 0 Å². The van der Waals surface area contributed by atoms with Crippen molar-refractivity contribution < 1.29 is 9.47 Å². The van der Waals surface area contributed by atoms with Crippen LogP contribution in [0.15, 0.2) is 23.3 Å². The molecule has 0 aliphatic heterocycles. The average molecular weight is 422 g/mol. The molecule has 0 saturated carbocycles. The second-order valence-corrected chi connectivity index (χ2v) is 5.18. The maximum Gasteiger partial charge on any atom is 0.218 e. The molecule has 0 spiro atoms. The molecule has 1 rings (SSSR count). The molecule has 0 radical (unpaired) electrons. The number of methoxy groups -OCH3 is 2. The smallest absolute Gasteiger partial charge is 0.218 e. The zero-order chi connectivity index (χ0) is 15.7. The number of rotatable bonds is 7. The number of hydrogen-bond donors (Lipinski definition) is 2. The largest absolute Gasteiger partial charge is 0.481 e. The van der Waals surface area contributed by atoms with Crippen molar-refractivity contribution in [1.29, 1.82) is 0 Å². The van der Waals surface area contributed by atoms with Crippen molar-refractivity contribution >= 4 is 29.9 Å². The summed E-state index contributed by atoms with van der Waals surface area (Å²) in [5, 5.41) is 6.48. The maximum absolute atomic E-state index is 5.39. The number of hydrogen-bond acceptors (Lipinski definition) is 4. The lowest BCUT2D eigenvalue weighted by atomic mass is 10.1. The van der Waals surface area contributed by atoms with E-state index in [9.17, 15) is 0 Å². The molecule has 0 aliphatic carbocycles. The normalized spacial score (nSPS) is 11.6. The Morgan fingerprint density at radius 3 is 2.64 bits per heavy atom. The van der Waals surface area contributed by atoms with E-state index >= 15 is 0 Å². The molecule has 0 unspecified atom stereocenters. The Hall–Kier alpha value is -1.09. The van der Waals surface area contributed by atoms with Gasteiger partial charge in [0.15, 0.2) is 5.96 Å². The lowest BCUT2D eigenvalue weighted by Crippen LogP contribution is -2.45. The summed E-state index contributed by atoms with van der Waals surface area (Å²) in [7, 11) is 3.31. The van der Waals surface area contributed by atoms with Crippen LogP contribution in [-0.2, 0) is 11.3 Å². The molecule has 1 aromatic heterocycles. The topological polar surface area (TPSA) is 67.8 Å². The molecular weight excluding hydrogens is 395 g/mol. The third kappa shape index (κ3) is 7.26. The van der Waals surface area contributed by atoms with Crippen molar-refractivity contribution in [3.05, 3.63) is 23.9 Å².